The molecule has 4 aliphatic carbocycles. The molecule has 0 amide bonds. The van der Waals surface area contributed by atoms with E-state index >= 15 is 0 Å². The number of rotatable bonds is 3. The highest BCUT2D eigenvalue weighted by Crippen LogP contribution is 2.71. The van der Waals surface area contributed by atoms with E-state index in [0.717, 1.165) is 31.2 Å². The third-order valence-electron chi connectivity index (χ3n) is 12.5. The van der Waals surface area contributed by atoms with E-state index in [0.29, 0.717) is 30.8 Å². The van der Waals surface area contributed by atoms with Gasteiger partial charge in [0.25, 0.3) is 0 Å². The summed E-state index contributed by atoms with van der Waals surface area (Å²) in [5.74, 6) is 1.53. The van der Waals surface area contributed by atoms with Gasteiger partial charge in [-0.25, -0.2) is 0 Å². The number of benzene rings is 1. The normalized spacial score (nSPS) is 46.0. The van der Waals surface area contributed by atoms with E-state index in [1.165, 1.54) is 19.3 Å². The molecule has 0 bridgehead atoms. The molecule has 0 radical (unpaired) electrons. The molecule has 0 unspecified atom stereocenters. The Morgan fingerprint density at radius 2 is 1.54 bits per heavy atom. The van der Waals surface area contributed by atoms with Crippen LogP contribution in [0, 0.1) is 28.6 Å². The lowest BCUT2D eigenvalue weighted by atomic mass is 9.43. The lowest BCUT2D eigenvalue weighted by Crippen LogP contribution is -2.64. The maximum atomic E-state index is 12.5. The van der Waals surface area contributed by atoms with Gasteiger partial charge >= 0.3 is 0 Å². The van der Waals surface area contributed by atoms with Crippen LogP contribution in [0.25, 0.3) is 0 Å². The lowest BCUT2D eigenvalue weighted by molar-refractivity contribution is -0.238. The van der Waals surface area contributed by atoms with Gasteiger partial charge in [-0.05, 0) is 105 Å². The first kappa shape index (κ1) is 25.9. The summed E-state index contributed by atoms with van der Waals surface area (Å²) in [5, 5.41) is 24.8. The van der Waals surface area contributed by atoms with Crippen molar-refractivity contribution in [2.24, 2.45) is 28.6 Å². The maximum absolute atomic E-state index is 12.5. The summed E-state index contributed by atoms with van der Waals surface area (Å²) >= 11 is 0. The Labute approximate surface area is 215 Å². The van der Waals surface area contributed by atoms with Crippen molar-refractivity contribution in [1.29, 1.82) is 0 Å². The topological polar surface area (TPSA) is 49.7 Å². The fourth-order valence-electron chi connectivity index (χ4n) is 9.08. The van der Waals surface area contributed by atoms with E-state index in [2.05, 4.69) is 59.8 Å². The Balaban J connectivity index is 1.38. The molecule has 1 aromatic rings. The molecule has 4 aliphatic rings. The maximum Gasteiger partial charge on any atom is 0.192 e. The number of hydrogen-bond acceptors (Lipinski definition) is 3. The fourth-order valence-corrected chi connectivity index (χ4v) is 10.5. The van der Waals surface area contributed by atoms with Gasteiger partial charge in [-0.15, -0.1) is 0 Å². The van der Waals surface area contributed by atoms with Gasteiger partial charge in [0.15, 0.2) is 8.32 Å². The fraction of sp³-hybridized carbons (Fsp3) is 0.806. The molecule has 196 valence electrons. The molecular formula is C31H50O3Si. The molecule has 35 heavy (non-hydrogen) atoms. The Morgan fingerprint density at radius 1 is 0.857 bits per heavy atom. The summed E-state index contributed by atoms with van der Waals surface area (Å²) in [6.07, 6.45) is 9.66. The van der Waals surface area contributed by atoms with Crippen molar-refractivity contribution in [2.75, 3.05) is 0 Å². The zero-order valence-corrected chi connectivity index (χ0v) is 24.4. The van der Waals surface area contributed by atoms with Gasteiger partial charge in [0.1, 0.15) is 0 Å². The van der Waals surface area contributed by atoms with Crippen molar-refractivity contribution >= 4 is 8.32 Å². The average Bonchev–Trinajstić information content (AvgIpc) is 3.01. The van der Waals surface area contributed by atoms with Crippen LogP contribution in [-0.2, 0) is 10.0 Å². The minimum absolute atomic E-state index is 0.251. The highest BCUT2D eigenvalue weighted by molar-refractivity contribution is 6.74. The second kappa shape index (κ2) is 8.16. The van der Waals surface area contributed by atoms with Crippen LogP contribution in [0.3, 0.4) is 0 Å². The standard InChI is InChI=1S/C31H50O3Si/c1-27(2,3)35(6,7)34-24-15-17-28(4)23(21-24)13-14-26-25(28)16-18-29(5)30(32,19-20-31(26,29)33)22-11-9-8-10-12-22/h8-12,23-26,32-33H,13-21H2,1-7H3/t23-,24+,25+,26-,28+,29-,30+,31+/m1/s1. The SMILES string of the molecule is CC(C)(C)[Si](C)(C)O[C@H]1CC[C@@]2(C)[C@H](CC[C@@H]3[C@@H]2CC[C@]2(C)[C@@](O)(c4ccccc4)CC[C@]32O)C1. The first-order chi connectivity index (χ1) is 16.2. The summed E-state index contributed by atoms with van der Waals surface area (Å²) in [6, 6.07) is 10.2. The summed E-state index contributed by atoms with van der Waals surface area (Å²) in [4.78, 5) is 0. The van der Waals surface area contributed by atoms with Gasteiger partial charge in [0.05, 0.1) is 11.2 Å². The zero-order chi connectivity index (χ0) is 25.5. The molecule has 4 fully saturated rings. The van der Waals surface area contributed by atoms with Crippen molar-refractivity contribution in [3.05, 3.63) is 35.9 Å². The second-order valence-corrected chi connectivity index (χ2v) is 19.5. The molecule has 8 atom stereocenters. The molecule has 0 aromatic heterocycles. The molecule has 0 saturated heterocycles. The van der Waals surface area contributed by atoms with Crippen LogP contribution in [-0.4, -0.2) is 30.2 Å². The van der Waals surface area contributed by atoms with E-state index in [9.17, 15) is 10.2 Å². The van der Waals surface area contributed by atoms with Gasteiger partial charge in [0.2, 0.25) is 0 Å². The average molecular weight is 499 g/mol. The van der Waals surface area contributed by atoms with Crippen LogP contribution in [0.5, 0.6) is 0 Å². The van der Waals surface area contributed by atoms with Gasteiger partial charge in [-0.1, -0.05) is 65.0 Å². The number of hydrogen-bond donors (Lipinski definition) is 2. The van der Waals surface area contributed by atoms with Gasteiger partial charge in [0, 0.05) is 11.5 Å². The smallest absolute Gasteiger partial charge is 0.192 e. The van der Waals surface area contributed by atoms with Crippen LogP contribution >= 0.6 is 0 Å². The Kier molecular flexibility index (Phi) is 6.05. The minimum atomic E-state index is -1.76. The van der Waals surface area contributed by atoms with Crippen LogP contribution in [0.1, 0.15) is 98.0 Å². The number of aliphatic hydroxyl groups is 2. The number of fused-ring (bicyclic) bond motifs is 5. The van der Waals surface area contributed by atoms with E-state index in [1.54, 1.807) is 0 Å². The van der Waals surface area contributed by atoms with Gasteiger partial charge < -0.3 is 14.6 Å². The molecule has 5 rings (SSSR count). The molecule has 0 heterocycles. The van der Waals surface area contributed by atoms with E-state index in [4.69, 9.17) is 4.43 Å². The van der Waals surface area contributed by atoms with Crippen molar-refractivity contribution in [1.82, 2.24) is 0 Å². The predicted molar refractivity (Wildman–Crippen MR) is 146 cm³/mol. The molecule has 0 spiro atoms. The Hall–Kier alpha value is -0.683. The first-order valence-electron chi connectivity index (χ1n) is 14.4. The largest absolute Gasteiger partial charge is 0.414 e. The first-order valence-corrected chi connectivity index (χ1v) is 17.3. The minimum Gasteiger partial charge on any atom is -0.414 e. The van der Waals surface area contributed by atoms with Crippen molar-refractivity contribution in [3.8, 4) is 0 Å². The third-order valence-corrected chi connectivity index (χ3v) is 17.0. The molecule has 4 heteroatoms. The van der Waals surface area contributed by atoms with E-state index < -0.39 is 24.9 Å². The summed E-state index contributed by atoms with van der Waals surface area (Å²) < 4.78 is 6.91. The highest BCUT2D eigenvalue weighted by atomic mass is 28.4. The second-order valence-electron chi connectivity index (χ2n) is 14.8. The quantitative estimate of drug-likeness (QED) is 0.426. The summed E-state index contributed by atoms with van der Waals surface area (Å²) in [6.45, 7) is 16.6. The summed E-state index contributed by atoms with van der Waals surface area (Å²) in [7, 11) is -1.76. The van der Waals surface area contributed by atoms with Crippen LogP contribution in [0.4, 0.5) is 0 Å². The van der Waals surface area contributed by atoms with Crippen molar-refractivity contribution in [3.63, 3.8) is 0 Å². The van der Waals surface area contributed by atoms with Crippen LogP contribution in [0.2, 0.25) is 18.1 Å². The van der Waals surface area contributed by atoms with Crippen molar-refractivity contribution in [2.45, 2.75) is 128 Å². The molecule has 3 nitrogen and oxygen atoms in total. The predicted octanol–water partition coefficient (Wildman–Crippen LogP) is 7.42. The molecule has 4 saturated carbocycles. The molecular weight excluding hydrogens is 448 g/mol. The van der Waals surface area contributed by atoms with Crippen LogP contribution in [0.15, 0.2) is 30.3 Å². The Bertz CT molecular complexity index is 940. The summed E-state index contributed by atoms with van der Waals surface area (Å²) in [5.41, 5.74) is -0.960. The highest BCUT2D eigenvalue weighted by Gasteiger charge is 2.72. The Morgan fingerprint density at radius 3 is 2.20 bits per heavy atom. The molecule has 1 aromatic carbocycles. The zero-order valence-electron chi connectivity index (χ0n) is 23.4. The molecule has 0 aliphatic heterocycles. The van der Waals surface area contributed by atoms with Crippen LogP contribution < -0.4 is 0 Å². The van der Waals surface area contributed by atoms with E-state index in [1.807, 2.05) is 18.2 Å². The van der Waals surface area contributed by atoms with Crippen molar-refractivity contribution < 1.29 is 14.6 Å². The van der Waals surface area contributed by atoms with Gasteiger partial charge in [-0.3, -0.25) is 0 Å². The van der Waals surface area contributed by atoms with Gasteiger partial charge in [-0.2, -0.15) is 0 Å². The lowest BCUT2D eigenvalue weighted by Gasteiger charge is -2.64. The monoisotopic (exact) mass is 498 g/mol. The third kappa shape index (κ3) is 3.60. The van der Waals surface area contributed by atoms with E-state index in [-0.39, 0.29) is 16.4 Å². The molecule has 2 N–H and O–H groups in total.